The fourth-order valence-corrected chi connectivity index (χ4v) is 2.84. The first kappa shape index (κ1) is 12.2. The second-order valence-electron chi connectivity index (χ2n) is 4.07. The van der Waals surface area contributed by atoms with Gasteiger partial charge in [-0.05, 0) is 18.6 Å². The van der Waals surface area contributed by atoms with E-state index in [2.05, 4.69) is 27.0 Å². The summed E-state index contributed by atoms with van der Waals surface area (Å²) in [5.41, 5.74) is 5.79. The van der Waals surface area contributed by atoms with Gasteiger partial charge in [0.1, 0.15) is 5.01 Å². The average Bonchev–Trinajstić information content (AvgIpc) is 2.67. The van der Waals surface area contributed by atoms with Gasteiger partial charge in [0, 0.05) is 32.2 Å². The summed E-state index contributed by atoms with van der Waals surface area (Å²) in [5, 5.41) is 8.82. The molecule has 0 spiro atoms. The van der Waals surface area contributed by atoms with E-state index in [0.717, 1.165) is 31.2 Å². The number of piperazine rings is 1. The van der Waals surface area contributed by atoms with Crippen molar-refractivity contribution in [3.8, 4) is 0 Å². The Morgan fingerprint density at radius 3 is 2.94 bits per heavy atom. The highest BCUT2D eigenvalue weighted by molar-refractivity contribution is 7.15. The van der Waals surface area contributed by atoms with Gasteiger partial charge in [-0.2, -0.15) is 0 Å². The Morgan fingerprint density at radius 2 is 2.31 bits per heavy atom. The molecular weight excluding hydrogens is 246 g/mol. The SMILES string of the molecule is CN1CCN(Cc2nnc(Cl)s2)C(CN)C1. The van der Waals surface area contributed by atoms with Crippen molar-refractivity contribution in [1.29, 1.82) is 0 Å². The maximum absolute atomic E-state index is 5.79. The van der Waals surface area contributed by atoms with E-state index in [1.165, 1.54) is 11.3 Å². The molecule has 1 fully saturated rings. The van der Waals surface area contributed by atoms with Gasteiger partial charge in [-0.1, -0.05) is 11.3 Å². The van der Waals surface area contributed by atoms with E-state index in [-0.39, 0.29) is 0 Å². The van der Waals surface area contributed by atoms with Crippen LogP contribution in [0.15, 0.2) is 0 Å². The van der Waals surface area contributed by atoms with Crippen molar-refractivity contribution in [2.75, 3.05) is 33.2 Å². The lowest BCUT2D eigenvalue weighted by Crippen LogP contribution is -2.54. The molecule has 1 aliphatic rings. The number of aromatic nitrogens is 2. The first-order valence-corrected chi connectivity index (χ1v) is 6.49. The standard InChI is InChI=1S/C9H16ClN5S/c1-14-2-3-15(7(4-11)5-14)6-8-12-13-9(10)16-8/h7H,2-6,11H2,1H3. The zero-order valence-corrected chi connectivity index (χ0v) is 10.8. The molecular formula is C9H16ClN5S. The molecule has 2 N–H and O–H groups in total. The largest absolute Gasteiger partial charge is 0.329 e. The zero-order valence-electron chi connectivity index (χ0n) is 9.27. The predicted octanol–water partition coefficient (Wildman–Crippen LogP) is 0.266. The highest BCUT2D eigenvalue weighted by Gasteiger charge is 2.24. The lowest BCUT2D eigenvalue weighted by molar-refractivity contribution is 0.0878. The molecule has 0 aromatic carbocycles. The summed E-state index contributed by atoms with van der Waals surface area (Å²) in [6.45, 7) is 4.60. The Bertz CT molecular complexity index is 344. The summed E-state index contributed by atoms with van der Waals surface area (Å²) in [5.74, 6) is 0. The normalized spacial score (nSPS) is 23.8. The summed E-state index contributed by atoms with van der Waals surface area (Å²) >= 11 is 7.21. The van der Waals surface area contributed by atoms with Crippen LogP contribution in [0.1, 0.15) is 5.01 Å². The number of hydrogen-bond donors (Lipinski definition) is 1. The first-order valence-electron chi connectivity index (χ1n) is 5.29. The minimum atomic E-state index is 0.404. The summed E-state index contributed by atoms with van der Waals surface area (Å²) in [6, 6.07) is 0.404. The molecule has 1 aliphatic heterocycles. The molecule has 5 nitrogen and oxygen atoms in total. The van der Waals surface area contributed by atoms with E-state index in [1.807, 2.05) is 0 Å². The number of likely N-dealkylation sites (N-methyl/N-ethyl adjacent to an activating group) is 1. The van der Waals surface area contributed by atoms with E-state index in [1.54, 1.807) is 0 Å². The van der Waals surface area contributed by atoms with Gasteiger partial charge >= 0.3 is 0 Å². The summed E-state index contributed by atoms with van der Waals surface area (Å²) in [7, 11) is 2.13. The van der Waals surface area contributed by atoms with Crippen molar-refractivity contribution in [3.05, 3.63) is 9.47 Å². The summed E-state index contributed by atoms with van der Waals surface area (Å²) in [6.07, 6.45) is 0. The van der Waals surface area contributed by atoms with Crippen molar-refractivity contribution in [1.82, 2.24) is 20.0 Å². The van der Waals surface area contributed by atoms with Gasteiger partial charge in [-0.3, -0.25) is 4.90 Å². The molecule has 7 heteroatoms. The lowest BCUT2D eigenvalue weighted by Gasteiger charge is -2.38. The molecule has 0 saturated carbocycles. The van der Waals surface area contributed by atoms with Crippen molar-refractivity contribution >= 4 is 22.9 Å². The van der Waals surface area contributed by atoms with Crippen LogP contribution in [0.3, 0.4) is 0 Å². The van der Waals surface area contributed by atoms with Crippen LogP contribution in [0.4, 0.5) is 0 Å². The van der Waals surface area contributed by atoms with Crippen molar-refractivity contribution < 1.29 is 0 Å². The van der Waals surface area contributed by atoms with Crippen LogP contribution in [-0.2, 0) is 6.54 Å². The van der Waals surface area contributed by atoms with Gasteiger partial charge in [0.05, 0.1) is 6.54 Å². The van der Waals surface area contributed by atoms with E-state index in [9.17, 15) is 0 Å². The molecule has 1 aromatic rings. The van der Waals surface area contributed by atoms with Crippen LogP contribution in [0.5, 0.6) is 0 Å². The fraction of sp³-hybridized carbons (Fsp3) is 0.778. The van der Waals surface area contributed by atoms with Crippen LogP contribution in [0.2, 0.25) is 4.47 Å². The Kier molecular flexibility index (Phi) is 4.10. The summed E-state index contributed by atoms with van der Waals surface area (Å²) < 4.78 is 0.508. The van der Waals surface area contributed by atoms with Gasteiger partial charge in [-0.25, -0.2) is 0 Å². The number of rotatable bonds is 3. The van der Waals surface area contributed by atoms with Gasteiger partial charge in [0.15, 0.2) is 0 Å². The Labute approximate surface area is 104 Å². The minimum absolute atomic E-state index is 0.404. The van der Waals surface area contributed by atoms with Crippen molar-refractivity contribution in [2.24, 2.45) is 5.73 Å². The number of nitrogens with two attached hydrogens (primary N) is 1. The third-order valence-electron chi connectivity index (χ3n) is 2.86. The molecule has 1 aromatic heterocycles. The highest BCUT2D eigenvalue weighted by Crippen LogP contribution is 2.18. The minimum Gasteiger partial charge on any atom is -0.329 e. The quantitative estimate of drug-likeness (QED) is 0.846. The molecule has 0 bridgehead atoms. The van der Waals surface area contributed by atoms with Crippen LogP contribution >= 0.6 is 22.9 Å². The van der Waals surface area contributed by atoms with Crippen LogP contribution < -0.4 is 5.73 Å². The molecule has 2 heterocycles. The molecule has 0 radical (unpaired) electrons. The summed E-state index contributed by atoms with van der Waals surface area (Å²) in [4.78, 5) is 4.66. The van der Waals surface area contributed by atoms with Gasteiger partial charge < -0.3 is 10.6 Å². The number of nitrogens with zero attached hydrogens (tertiary/aromatic N) is 4. The molecule has 0 aliphatic carbocycles. The highest BCUT2D eigenvalue weighted by atomic mass is 35.5. The lowest BCUT2D eigenvalue weighted by atomic mass is 10.2. The monoisotopic (exact) mass is 261 g/mol. The molecule has 1 unspecified atom stereocenters. The van der Waals surface area contributed by atoms with Crippen molar-refractivity contribution in [3.63, 3.8) is 0 Å². The second kappa shape index (κ2) is 5.37. The fourth-order valence-electron chi connectivity index (χ4n) is 1.95. The van der Waals surface area contributed by atoms with Gasteiger partial charge in [0.25, 0.3) is 0 Å². The topological polar surface area (TPSA) is 58.3 Å². The van der Waals surface area contributed by atoms with Gasteiger partial charge in [-0.15, -0.1) is 10.2 Å². The van der Waals surface area contributed by atoms with E-state index in [4.69, 9.17) is 17.3 Å². The van der Waals surface area contributed by atoms with Crippen LogP contribution in [0, 0.1) is 0 Å². The average molecular weight is 262 g/mol. The Balaban J connectivity index is 1.97. The Hall–Kier alpha value is -0.270. The smallest absolute Gasteiger partial charge is 0.207 e. The van der Waals surface area contributed by atoms with Gasteiger partial charge in [0.2, 0.25) is 4.47 Å². The third-order valence-corrected chi connectivity index (χ3v) is 3.86. The number of hydrogen-bond acceptors (Lipinski definition) is 6. The molecule has 16 heavy (non-hydrogen) atoms. The maximum atomic E-state index is 5.79. The molecule has 0 amide bonds. The second-order valence-corrected chi connectivity index (χ2v) is 5.72. The molecule has 1 atom stereocenters. The zero-order chi connectivity index (χ0) is 11.5. The van der Waals surface area contributed by atoms with E-state index < -0.39 is 0 Å². The third kappa shape index (κ3) is 2.89. The van der Waals surface area contributed by atoms with Crippen LogP contribution in [0.25, 0.3) is 0 Å². The van der Waals surface area contributed by atoms with Crippen molar-refractivity contribution in [2.45, 2.75) is 12.6 Å². The molecule has 90 valence electrons. The maximum Gasteiger partial charge on any atom is 0.207 e. The van der Waals surface area contributed by atoms with E-state index in [0.29, 0.717) is 17.1 Å². The van der Waals surface area contributed by atoms with E-state index >= 15 is 0 Å². The predicted molar refractivity (Wildman–Crippen MR) is 65.7 cm³/mol. The molecule has 2 rings (SSSR count). The first-order chi connectivity index (χ1) is 7.69. The number of halogens is 1. The molecule has 1 saturated heterocycles. The Morgan fingerprint density at radius 1 is 1.50 bits per heavy atom. The van der Waals surface area contributed by atoms with Crippen LogP contribution in [-0.4, -0.2) is 59.3 Å².